The number of carbonyl (C=O) groups excluding carboxylic acids is 1. The van der Waals surface area contributed by atoms with Crippen molar-refractivity contribution in [3.63, 3.8) is 0 Å². The minimum atomic E-state index is -0.747. The monoisotopic (exact) mass is 409 g/mol. The number of nitrogens with two attached hydrogens (primary N) is 1. The zero-order valence-corrected chi connectivity index (χ0v) is 16.2. The van der Waals surface area contributed by atoms with E-state index >= 15 is 0 Å². The fourth-order valence-electron chi connectivity index (χ4n) is 3.26. The molecule has 0 spiro atoms. The van der Waals surface area contributed by atoms with Gasteiger partial charge in [0.15, 0.2) is 16.5 Å². The Labute approximate surface area is 168 Å². The van der Waals surface area contributed by atoms with Gasteiger partial charge >= 0.3 is 5.97 Å². The van der Waals surface area contributed by atoms with Crippen molar-refractivity contribution in [2.75, 3.05) is 19.5 Å². The number of hydrogen-bond donors (Lipinski definition) is 3. The van der Waals surface area contributed by atoms with E-state index in [-0.39, 0.29) is 22.8 Å². The van der Waals surface area contributed by atoms with Crippen LogP contribution in [-0.4, -0.2) is 30.1 Å². The van der Waals surface area contributed by atoms with Gasteiger partial charge in [0.2, 0.25) is 5.88 Å². The van der Waals surface area contributed by atoms with Crippen LogP contribution in [0.25, 0.3) is 10.3 Å². The number of aromatic nitrogens is 2. The molecule has 1 atom stereocenters. The number of ether oxygens (including phenoxy) is 2. The van der Waals surface area contributed by atoms with Crippen LogP contribution in [-0.2, 0) is 4.74 Å². The molecule has 3 aromatic rings. The Balaban J connectivity index is 1.96. The molecule has 0 unspecified atom stereocenters. The third-order valence-corrected chi connectivity index (χ3v) is 5.68. The molecule has 0 fully saturated rings. The predicted molar refractivity (Wildman–Crippen MR) is 107 cm³/mol. The molecule has 1 aliphatic rings. The maximum Gasteiger partial charge on any atom is 0.337 e. The first-order chi connectivity index (χ1) is 14.0. The minimum absolute atomic E-state index is 0.0756. The number of anilines is 1. The zero-order valence-electron chi connectivity index (χ0n) is 15.4. The van der Waals surface area contributed by atoms with Crippen molar-refractivity contribution >= 4 is 32.8 Å². The number of nitriles is 1. The van der Waals surface area contributed by atoms with E-state index in [1.165, 1.54) is 18.4 Å². The standard InChI is InChI=1S/C19H15N5O4S/c1-22-19-24-16-14(29-19)13-12(17(25)23-16)11(10(7-20)15(21)28-13)8-3-5-9(6-4-8)18(26)27-2/h3-6,11H,21H2,1-2H3,(H2,22,23,24,25)/t11-/m0/s1. The van der Waals surface area contributed by atoms with Crippen LogP contribution in [0.15, 0.2) is 40.5 Å². The van der Waals surface area contributed by atoms with E-state index < -0.39 is 17.4 Å². The normalized spacial score (nSPS) is 15.4. The Bertz CT molecular complexity index is 1270. The quantitative estimate of drug-likeness (QED) is 0.558. The molecule has 146 valence electrons. The molecule has 0 amide bonds. The van der Waals surface area contributed by atoms with Crippen molar-refractivity contribution in [3.8, 4) is 11.8 Å². The summed E-state index contributed by atoms with van der Waals surface area (Å²) in [4.78, 5) is 31.7. The second-order valence-corrected chi connectivity index (χ2v) is 7.18. The van der Waals surface area contributed by atoms with Crippen molar-refractivity contribution in [2.24, 2.45) is 5.73 Å². The van der Waals surface area contributed by atoms with Gasteiger partial charge in [-0.3, -0.25) is 4.79 Å². The van der Waals surface area contributed by atoms with Crippen LogP contribution in [0.3, 0.4) is 0 Å². The highest BCUT2D eigenvalue weighted by Gasteiger charge is 2.35. The van der Waals surface area contributed by atoms with Gasteiger partial charge in [0.05, 0.1) is 24.2 Å². The lowest BCUT2D eigenvalue weighted by atomic mass is 9.84. The molecule has 2 aromatic heterocycles. The highest BCUT2D eigenvalue weighted by Crippen LogP contribution is 2.44. The molecule has 4 rings (SSSR count). The van der Waals surface area contributed by atoms with Crippen LogP contribution in [0.5, 0.6) is 5.75 Å². The largest absolute Gasteiger partial charge is 0.465 e. The Morgan fingerprint density at radius 2 is 2.14 bits per heavy atom. The molecule has 0 radical (unpaired) electrons. The summed E-state index contributed by atoms with van der Waals surface area (Å²) in [6.45, 7) is 0. The predicted octanol–water partition coefficient (Wildman–Crippen LogP) is 2.03. The summed E-state index contributed by atoms with van der Waals surface area (Å²) in [5.41, 5.74) is 7.32. The maximum absolute atomic E-state index is 12.9. The number of allylic oxidation sites excluding steroid dienone is 1. The van der Waals surface area contributed by atoms with Crippen LogP contribution in [0.2, 0.25) is 0 Å². The third-order valence-electron chi connectivity index (χ3n) is 4.61. The molecular formula is C19H15N5O4S. The van der Waals surface area contributed by atoms with E-state index in [4.69, 9.17) is 15.2 Å². The van der Waals surface area contributed by atoms with Gasteiger partial charge in [-0.25, -0.2) is 9.78 Å². The van der Waals surface area contributed by atoms with Crippen LogP contribution >= 0.6 is 11.3 Å². The molecular weight excluding hydrogens is 394 g/mol. The lowest BCUT2D eigenvalue weighted by Gasteiger charge is -2.25. The Hall–Kier alpha value is -3.84. The van der Waals surface area contributed by atoms with Crippen molar-refractivity contribution < 1.29 is 14.3 Å². The van der Waals surface area contributed by atoms with E-state index in [9.17, 15) is 14.9 Å². The zero-order chi connectivity index (χ0) is 20.7. The number of fused-ring (bicyclic) bond motifs is 3. The fraction of sp³-hybridized carbons (Fsp3) is 0.158. The van der Waals surface area contributed by atoms with E-state index in [1.54, 1.807) is 31.3 Å². The fourth-order valence-corrected chi connectivity index (χ4v) is 4.13. The van der Waals surface area contributed by atoms with Crippen molar-refractivity contribution in [1.82, 2.24) is 9.97 Å². The van der Waals surface area contributed by atoms with Crippen LogP contribution < -0.4 is 21.3 Å². The Kier molecular flexibility index (Phi) is 4.44. The molecule has 0 saturated carbocycles. The number of esters is 1. The van der Waals surface area contributed by atoms with Crippen molar-refractivity contribution in [1.29, 1.82) is 5.26 Å². The van der Waals surface area contributed by atoms with E-state index in [1.807, 2.05) is 6.07 Å². The van der Waals surface area contributed by atoms with Crippen LogP contribution in [0.4, 0.5) is 5.13 Å². The number of aromatic amines is 1. The summed E-state index contributed by atoms with van der Waals surface area (Å²) in [5, 5.41) is 13.2. The summed E-state index contributed by atoms with van der Waals surface area (Å²) in [6.07, 6.45) is 0. The Morgan fingerprint density at radius 3 is 2.76 bits per heavy atom. The third kappa shape index (κ3) is 2.88. The summed E-state index contributed by atoms with van der Waals surface area (Å²) in [5.74, 6) is -1.03. The Morgan fingerprint density at radius 1 is 1.41 bits per heavy atom. The number of benzene rings is 1. The van der Waals surface area contributed by atoms with Gasteiger partial charge in [0.1, 0.15) is 16.3 Å². The first-order valence-electron chi connectivity index (χ1n) is 8.48. The van der Waals surface area contributed by atoms with Gasteiger partial charge in [-0.1, -0.05) is 23.5 Å². The number of thiazole rings is 1. The average molecular weight is 409 g/mol. The summed E-state index contributed by atoms with van der Waals surface area (Å²) in [7, 11) is 3.01. The lowest BCUT2D eigenvalue weighted by Crippen LogP contribution is -2.27. The van der Waals surface area contributed by atoms with Crippen LogP contribution in [0.1, 0.15) is 27.4 Å². The maximum atomic E-state index is 12.9. The van der Waals surface area contributed by atoms with Gasteiger partial charge in [0.25, 0.3) is 5.56 Å². The molecule has 0 aliphatic carbocycles. The number of nitrogens with zero attached hydrogens (tertiary/aromatic N) is 2. The number of pyridine rings is 1. The SMILES string of the molecule is CNc1nc2[nH]c(=O)c3c(c2s1)OC(N)=C(C#N)[C@@H]3c1ccc(C(=O)OC)cc1. The lowest BCUT2D eigenvalue weighted by molar-refractivity contribution is 0.0600. The first kappa shape index (κ1) is 18.5. The van der Waals surface area contributed by atoms with Gasteiger partial charge in [0, 0.05) is 7.05 Å². The molecule has 4 N–H and O–H groups in total. The molecule has 0 bridgehead atoms. The average Bonchev–Trinajstić information content (AvgIpc) is 3.15. The number of H-pyrrole nitrogens is 1. The second-order valence-electron chi connectivity index (χ2n) is 6.18. The molecule has 0 saturated heterocycles. The van der Waals surface area contributed by atoms with E-state index in [0.29, 0.717) is 26.6 Å². The van der Waals surface area contributed by atoms with Gasteiger partial charge in [-0.2, -0.15) is 5.26 Å². The topological polar surface area (TPSA) is 143 Å². The highest BCUT2D eigenvalue weighted by atomic mass is 32.1. The summed E-state index contributed by atoms with van der Waals surface area (Å²) in [6, 6.07) is 8.50. The van der Waals surface area contributed by atoms with Gasteiger partial charge in [-0.15, -0.1) is 0 Å². The first-order valence-corrected chi connectivity index (χ1v) is 9.30. The molecule has 1 aromatic carbocycles. The number of rotatable bonds is 3. The smallest absolute Gasteiger partial charge is 0.337 e. The number of hydrogen-bond acceptors (Lipinski definition) is 9. The van der Waals surface area contributed by atoms with E-state index in [0.717, 1.165) is 0 Å². The summed E-state index contributed by atoms with van der Waals surface area (Å²) >= 11 is 1.30. The van der Waals surface area contributed by atoms with E-state index in [2.05, 4.69) is 15.3 Å². The highest BCUT2D eigenvalue weighted by molar-refractivity contribution is 7.22. The van der Waals surface area contributed by atoms with Gasteiger partial charge in [-0.05, 0) is 17.7 Å². The van der Waals surface area contributed by atoms with Crippen molar-refractivity contribution in [2.45, 2.75) is 5.92 Å². The minimum Gasteiger partial charge on any atom is -0.465 e. The molecule has 10 heteroatoms. The number of nitrogens with one attached hydrogen (secondary N) is 2. The van der Waals surface area contributed by atoms with Gasteiger partial charge < -0.3 is 25.5 Å². The summed E-state index contributed by atoms with van der Waals surface area (Å²) < 4.78 is 11.0. The number of methoxy groups -OCH3 is 1. The molecule has 3 heterocycles. The van der Waals surface area contributed by atoms with Crippen LogP contribution in [0, 0.1) is 11.3 Å². The molecule has 1 aliphatic heterocycles. The van der Waals surface area contributed by atoms with Crippen molar-refractivity contribution in [3.05, 3.63) is 62.8 Å². The number of carbonyl (C=O) groups is 1. The second kappa shape index (κ2) is 6.96. The molecule has 29 heavy (non-hydrogen) atoms. The molecule has 9 nitrogen and oxygen atoms in total.